The summed E-state index contributed by atoms with van der Waals surface area (Å²) >= 11 is 1.33. The molecular formula is C16H16N4O3S. The third-order valence-corrected chi connectivity index (χ3v) is 4.63. The molecule has 0 radical (unpaired) electrons. The summed E-state index contributed by atoms with van der Waals surface area (Å²) in [5.41, 5.74) is 1.24. The summed E-state index contributed by atoms with van der Waals surface area (Å²) in [6.07, 6.45) is 1.56. The number of phenols is 1. The van der Waals surface area contributed by atoms with Crippen molar-refractivity contribution in [3.05, 3.63) is 49.5 Å². The van der Waals surface area contributed by atoms with Gasteiger partial charge in [-0.15, -0.1) is 0 Å². The molecule has 0 aromatic heterocycles. The van der Waals surface area contributed by atoms with Crippen molar-refractivity contribution in [2.45, 2.75) is 13.8 Å². The molecule has 2 aliphatic heterocycles. The Balaban J connectivity index is 2.31. The second-order valence-corrected chi connectivity index (χ2v) is 6.39. The van der Waals surface area contributed by atoms with Crippen LogP contribution in [0.5, 0.6) is 11.5 Å². The smallest absolute Gasteiger partial charge is 0.283 e. The molecule has 8 heteroatoms. The number of fused-ring (bicyclic) bond motifs is 1. The average molecular weight is 344 g/mol. The zero-order valence-electron chi connectivity index (χ0n) is 13.4. The van der Waals surface area contributed by atoms with Gasteiger partial charge in [0.2, 0.25) is 5.13 Å². The summed E-state index contributed by atoms with van der Waals surface area (Å²) < 4.78 is 7.40. The van der Waals surface area contributed by atoms with Crippen molar-refractivity contribution in [3.63, 3.8) is 0 Å². The average Bonchev–Trinajstić information content (AvgIpc) is 2.97. The fourth-order valence-electron chi connectivity index (χ4n) is 2.20. The van der Waals surface area contributed by atoms with E-state index in [1.807, 2.05) is 13.8 Å². The van der Waals surface area contributed by atoms with Crippen molar-refractivity contribution in [2.24, 2.45) is 0 Å². The minimum absolute atomic E-state index is 0.0100. The predicted octanol–water partition coefficient (Wildman–Crippen LogP) is 0.273. The molecule has 1 aromatic carbocycles. The Hall–Kier alpha value is -2.87. The zero-order valence-corrected chi connectivity index (χ0v) is 14.2. The number of nitrogens with one attached hydrogen (secondary N) is 2. The third-order valence-electron chi connectivity index (χ3n) is 3.47. The Morgan fingerprint density at radius 2 is 2.21 bits per heavy atom. The molecule has 0 unspecified atom stereocenters. The number of aromatic amines is 1. The van der Waals surface area contributed by atoms with Crippen LogP contribution in [0.25, 0.3) is 16.8 Å². The van der Waals surface area contributed by atoms with E-state index in [1.54, 1.807) is 18.2 Å². The Labute approximate surface area is 140 Å². The second-order valence-electron chi connectivity index (χ2n) is 5.42. The minimum atomic E-state index is -0.470. The number of phenolic OH excluding ortho intramolecular Hbond substituents is 1. The van der Waals surface area contributed by atoms with E-state index in [-0.39, 0.29) is 16.5 Å². The van der Waals surface area contributed by atoms with Crippen LogP contribution >= 0.6 is 11.3 Å². The highest BCUT2D eigenvalue weighted by molar-refractivity contribution is 7.11. The molecule has 124 valence electrons. The van der Waals surface area contributed by atoms with Gasteiger partial charge in [0.25, 0.3) is 5.56 Å². The molecule has 0 bridgehead atoms. The maximum atomic E-state index is 12.3. The van der Waals surface area contributed by atoms with Crippen LogP contribution in [-0.4, -0.2) is 27.0 Å². The number of rotatable bonds is 2. The van der Waals surface area contributed by atoms with E-state index in [0.29, 0.717) is 16.4 Å². The summed E-state index contributed by atoms with van der Waals surface area (Å²) in [6, 6.07) is 4.70. The molecule has 2 heterocycles. The van der Waals surface area contributed by atoms with Crippen molar-refractivity contribution >= 4 is 23.0 Å². The highest BCUT2D eigenvalue weighted by Crippen LogP contribution is 2.26. The van der Waals surface area contributed by atoms with Crippen molar-refractivity contribution in [1.29, 1.82) is 5.41 Å². The summed E-state index contributed by atoms with van der Waals surface area (Å²) in [5, 5.41) is 21.6. The summed E-state index contributed by atoms with van der Waals surface area (Å²) in [4.78, 5) is 16.3. The molecule has 0 spiro atoms. The number of ether oxygens (including phenoxy) is 1. The lowest BCUT2D eigenvalue weighted by atomic mass is 10.1. The lowest BCUT2D eigenvalue weighted by Crippen LogP contribution is -2.47. The van der Waals surface area contributed by atoms with Gasteiger partial charge in [0.05, 0.1) is 12.3 Å². The van der Waals surface area contributed by atoms with E-state index in [0.717, 1.165) is 10.2 Å². The summed E-state index contributed by atoms with van der Waals surface area (Å²) in [7, 11) is 1.45. The highest BCUT2D eigenvalue weighted by Gasteiger charge is 2.10. The topological polar surface area (TPSA) is 104 Å². The zero-order chi connectivity index (χ0) is 17.4. The van der Waals surface area contributed by atoms with Gasteiger partial charge < -0.3 is 9.84 Å². The van der Waals surface area contributed by atoms with Gasteiger partial charge in [0, 0.05) is 0 Å². The van der Waals surface area contributed by atoms with Crippen LogP contribution in [0.15, 0.2) is 23.0 Å². The monoisotopic (exact) mass is 344 g/mol. The van der Waals surface area contributed by atoms with Crippen LogP contribution < -0.4 is 25.7 Å². The van der Waals surface area contributed by atoms with Crippen molar-refractivity contribution in [3.8, 4) is 16.6 Å². The van der Waals surface area contributed by atoms with Crippen molar-refractivity contribution in [1.82, 2.24) is 14.8 Å². The number of benzene rings is 1. The van der Waals surface area contributed by atoms with Gasteiger partial charge in [0.1, 0.15) is 4.66 Å². The Bertz CT molecular complexity index is 1120. The molecule has 7 nitrogen and oxygen atoms in total. The quantitative estimate of drug-likeness (QED) is 0.621. The van der Waals surface area contributed by atoms with Crippen LogP contribution in [0.1, 0.15) is 19.4 Å². The first kappa shape index (κ1) is 16.0. The number of hydrogen-bond acceptors (Lipinski definition) is 6. The molecule has 0 fully saturated rings. The third kappa shape index (κ3) is 2.71. The van der Waals surface area contributed by atoms with Crippen molar-refractivity contribution < 1.29 is 9.84 Å². The first-order valence-electron chi connectivity index (χ1n) is 7.13. The largest absolute Gasteiger partial charge is 0.504 e. The van der Waals surface area contributed by atoms with Crippen molar-refractivity contribution in [2.75, 3.05) is 7.11 Å². The Kier molecular flexibility index (Phi) is 3.98. The van der Waals surface area contributed by atoms with E-state index < -0.39 is 5.56 Å². The fraction of sp³-hybridized carbons (Fsp3) is 0.188. The molecule has 24 heavy (non-hydrogen) atoms. The van der Waals surface area contributed by atoms with Crippen LogP contribution in [-0.2, 0) is 0 Å². The molecule has 0 saturated carbocycles. The number of aromatic nitrogens is 3. The van der Waals surface area contributed by atoms with Gasteiger partial charge in [-0.1, -0.05) is 17.4 Å². The summed E-state index contributed by atoms with van der Waals surface area (Å²) in [5.74, 6) is 0.306. The molecule has 0 atom stereocenters. The van der Waals surface area contributed by atoms with E-state index in [4.69, 9.17) is 10.1 Å². The van der Waals surface area contributed by atoms with Gasteiger partial charge in [-0.3, -0.25) is 15.3 Å². The Morgan fingerprint density at radius 1 is 1.46 bits per heavy atom. The Morgan fingerprint density at radius 3 is 2.88 bits per heavy atom. The first-order chi connectivity index (χ1) is 11.4. The van der Waals surface area contributed by atoms with Crippen LogP contribution in [0.2, 0.25) is 0 Å². The molecule has 0 aliphatic carbocycles. The maximum absolute atomic E-state index is 12.3. The minimum Gasteiger partial charge on any atom is -0.504 e. The predicted molar refractivity (Wildman–Crippen MR) is 91.3 cm³/mol. The fourth-order valence-corrected chi connectivity index (χ4v) is 3.08. The SMILES string of the molecule is COc1cc(/C=c2\c(=O)nc3sc(=C(C)C)[nH]n-3c2=N)ccc1O. The van der Waals surface area contributed by atoms with Crippen LogP contribution in [0.4, 0.5) is 0 Å². The molecule has 3 rings (SSSR count). The number of nitrogens with zero attached hydrogens (tertiary/aromatic N) is 2. The van der Waals surface area contributed by atoms with Crippen LogP contribution in [0.3, 0.4) is 0 Å². The van der Waals surface area contributed by atoms with Gasteiger partial charge in [-0.2, -0.15) is 4.98 Å². The van der Waals surface area contributed by atoms with Gasteiger partial charge in [-0.05, 0) is 43.2 Å². The van der Waals surface area contributed by atoms with Gasteiger partial charge in [0.15, 0.2) is 17.0 Å². The van der Waals surface area contributed by atoms with E-state index in [9.17, 15) is 9.90 Å². The van der Waals surface area contributed by atoms with E-state index >= 15 is 0 Å². The normalized spacial score (nSPS) is 11.9. The molecular weight excluding hydrogens is 328 g/mol. The van der Waals surface area contributed by atoms with Gasteiger partial charge >= 0.3 is 0 Å². The van der Waals surface area contributed by atoms with E-state index in [2.05, 4.69) is 10.1 Å². The maximum Gasteiger partial charge on any atom is 0.283 e. The molecule has 3 N–H and O–H groups in total. The molecule has 2 aliphatic rings. The van der Waals surface area contributed by atoms with E-state index in [1.165, 1.54) is 29.2 Å². The van der Waals surface area contributed by atoms with Crippen LogP contribution in [0, 0.1) is 5.41 Å². The molecule has 0 amide bonds. The second kappa shape index (κ2) is 5.97. The number of aromatic hydroxyl groups is 1. The number of hydrogen-bond donors (Lipinski definition) is 3. The standard InChI is InChI=1S/C16H16N4O3S/c1-8(2)15-19-20-13(17)10(14(22)18-16(20)24-15)6-9-4-5-11(21)12(7-9)23-3/h4-7,17,19,21H,1-3H3/b10-6-,17-13?. The number of H-pyrrole nitrogens is 1. The first-order valence-corrected chi connectivity index (χ1v) is 7.95. The number of methoxy groups -OCH3 is 1. The molecule has 1 aromatic rings. The molecule has 0 saturated heterocycles. The highest BCUT2D eigenvalue weighted by atomic mass is 32.1. The lowest BCUT2D eigenvalue weighted by molar-refractivity contribution is 0.373. The van der Waals surface area contributed by atoms with Gasteiger partial charge in [-0.25, -0.2) is 4.68 Å². The summed E-state index contributed by atoms with van der Waals surface area (Å²) in [6.45, 7) is 3.89. The lowest BCUT2D eigenvalue weighted by Gasteiger charge is -2.04.